The number of halogens is 3. The van der Waals surface area contributed by atoms with E-state index in [1.165, 1.54) is 0 Å². The second-order valence-electron chi connectivity index (χ2n) is 4.27. The highest BCUT2D eigenvalue weighted by molar-refractivity contribution is 9.10. The van der Waals surface area contributed by atoms with Crippen LogP contribution >= 0.6 is 39.1 Å². The highest BCUT2D eigenvalue weighted by Crippen LogP contribution is 2.32. The van der Waals surface area contributed by atoms with Gasteiger partial charge in [0.25, 0.3) is 0 Å². The number of ether oxygens (including phenoxy) is 1. The maximum Gasteiger partial charge on any atom is 0.137 e. The summed E-state index contributed by atoms with van der Waals surface area (Å²) < 4.78 is 6.80. The van der Waals surface area contributed by atoms with Gasteiger partial charge in [-0.05, 0) is 46.6 Å². The van der Waals surface area contributed by atoms with Gasteiger partial charge in [0.2, 0.25) is 0 Å². The first-order valence-corrected chi connectivity index (χ1v) is 7.71. The Hall–Kier alpha value is -0.740. The molecule has 5 heteroatoms. The molecule has 0 aliphatic rings. The lowest BCUT2D eigenvalue weighted by Gasteiger charge is -2.14. The second-order valence-corrected chi connectivity index (χ2v) is 5.91. The Kier molecular flexibility index (Phi) is 5.73. The van der Waals surface area contributed by atoms with Crippen molar-refractivity contribution in [3.05, 3.63) is 62.0 Å². The highest BCUT2D eigenvalue weighted by Gasteiger charge is 2.10. The van der Waals surface area contributed by atoms with Crippen LogP contribution in [0.3, 0.4) is 0 Å². The van der Waals surface area contributed by atoms with Crippen LogP contribution in [-0.2, 0) is 13.0 Å². The Morgan fingerprint density at radius 2 is 1.75 bits per heavy atom. The molecule has 2 N–H and O–H groups in total. The van der Waals surface area contributed by atoms with Gasteiger partial charge in [0.05, 0.1) is 14.5 Å². The summed E-state index contributed by atoms with van der Waals surface area (Å²) in [5.74, 6) is 0.800. The van der Waals surface area contributed by atoms with E-state index >= 15 is 0 Å². The highest BCUT2D eigenvalue weighted by atomic mass is 79.9. The molecule has 0 fully saturated rings. The molecule has 0 unspecified atom stereocenters. The van der Waals surface area contributed by atoms with E-state index in [4.69, 9.17) is 33.7 Å². The Labute approximate surface area is 137 Å². The third-order valence-electron chi connectivity index (χ3n) is 2.87. The summed E-state index contributed by atoms with van der Waals surface area (Å²) in [7, 11) is 0. The van der Waals surface area contributed by atoms with Gasteiger partial charge in [0.1, 0.15) is 12.4 Å². The Balaban J connectivity index is 2.20. The predicted molar refractivity (Wildman–Crippen MR) is 87.7 cm³/mol. The molecule has 2 nitrogen and oxygen atoms in total. The van der Waals surface area contributed by atoms with E-state index in [-0.39, 0.29) is 0 Å². The Morgan fingerprint density at radius 3 is 2.50 bits per heavy atom. The minimum absolute atomic E-state index is 0.361. The van der Waals surface area contributed by atoms with Crippen molar-refractivity contribution in [3.8, 4) is 5.75 Å². The summed E-state index contributed by atoms with van der Waals surface area (Å²) in [6.07, 6.45) is 0.762. The van der Waals surface area contributed by atoms with E-state index in [0.717, 1.165) is 27.8 Å². The van der Waals surface area contributed by atoms with Crippen LogP contribution in [-0.4, -0.2) is 6.54 Å². The van der Waals surface area contributed by atoms with Crippen LogP contribution in [0.1, 0.15) is 11.1 Å². The fourth-order valence-corrected chi connectivity index (χ4v) is 2.77. The fourth-order valence-electron chi connectivity index (χ4n) is 1.88. The zero-order chi connectivity index (χ0) is 14.5. The first-order chi connectivity index (χ1) is 9.63. The van der Waals surface area contributed by atoms with Crippen LogP contribution in [0.2, 0.25) is 10.0 Å². The van der Waals surface area contributed by atoms with E-state index < -0.39 is 0 Å². The second kappa shape index (κ2) is 7.32. The molecule has 106 valence electrons. The summed E-state index contributed by atoms with van der Waals surface area (Å²) in [5, 5.41) is 1.06. The minimum Gasteiger partial charge on any atom is -0.487 e. The molecule has 0 aromatic heterocycles. The predicted octanol–water partition coefficient (Wildman–Crippen LogP) is 4.84. The van der Waals surface area contributed by atoms with Crippen LogP contribution in [0.5, 0.6) is 5.75 Å². The van der Waals surface area contributed by atoms with Crippen LogP contribution in [0.15, 0.2) is 40.9 Å². The van der Waals surface area contributed by atoms with Gasteiger partial charge in [-0.2, -0.15) is 0 Å². The maximum atomic E-state index is 6.16. The normalized spacial score (nSPS) is 10.6. The largest absolute Gasteiger partial charge is 0.487 e. The van der Waals surface area contributed by atoms with Crippen LogP contribution in [0.25, 0.3) is 0 Å². The number of hydrogen-bond donors (Lipinski definition) is 1. The lowest BCUT2D eigenvalue weighted by Crippen LogP contribution is -2.06. The molecule has 20 heavy (non-hydrogen) atoms. The summed E-state index contributed by atoms with van der Waals surface area (Å²) in [6, 6.07) is 11.4. The first-order valence-electron chi connectivity index (χ1n) is 6.16. The quantitative estimate of drug-likeness (QED) is 0.812. The number of benzene rings is 2. The van der Waals surface area contributed by atoms with Gasteiger partial charge in [-0.1, -0.05) is 47.5 Å². The summed E-state index contributed by atoms with van der Waals surface area (Å²) in [6.45, 7) is 0.935. The molecule has 0 amide bonds. The van der Waals surface area contributed by atoms with Gasteiger partial charge in [-0.15, -0.1) is 0 Å². The molecule has 2 aromatic carbocycles. The average molecular weight is 375 g/mol. The third kappa shape index (κ3) is 3.67. The van der Waals surface area contributed by atoms with Crippen molar-refractivity contribution in [2.75, 3.05) is 6.54 Å². The standard InChI is InChI=1S/C15H14BrCl2NO/c16-12-5-1-3-10(7-8-19)15(12)20-9-11-4-2-6-13(17)14(11)18/h1-6H,7-9,19H2. The fraction of sp³-hybridized carbons (Fsp3) is 0.200. The van der Waals surface area contributed by atoms with Gasteiger partial charge in [0, 0.05) is 5.56 Å². The van der Waals surface area contributed by atoms with Gasteiger partial charge in [0.15, 0.2) is 0 Å². The Bertz CT molecular complexity index is 604. The van der Waals surface area contributed by atoms with Gasteiger partial charge in [-0.25, -0.2) is 0 Å². The summed E-state index contributed by atoms with van der Waals surface area (Å²) >= 11 is 15.6. The van der Waals surface area contributed by atoms with Crippen molar-refractivity contribution >= 4 is 39.1 Å². The molecule has 0 radical (unpaired) electrons. The van der Waals surface area contributed by atoms with Crippen molar-refractivity contribution < 1.29 is 4.74 Å². The van der Waals surface area contributed by atoms with Crippen molar-refractivity contribution in [2.24, 2.45) is 5.73 Å². The zero-order valence-electron chi connectivity index (χ0n) is 10.7. The molecule has 0 aliphatic carbocycles. The molecular weight excluding hydrogens is 361 g/mol. The van der Waals surface area contributed by atoms with E-state index in [1.54, 1.807) is 6.07 Å². The summed E-state index contributed by atoms with van der Waals surface area (Å²) in [4.78, 5) is 0. The molecule has 0 bridgehead atoms. The van der Waals surface area contributed by atoms with E-state index in [1.807, 2.05) is 30.3 Å². The summed E-state index contributed by atoms with van der Waals surface area (Å²) in [5.41, 5.74) is 7.55. The first kappa shape index (κ1) is 15.6. The van der Waals surface area contributed by atoms with Gasteiger partial charge in [-0.3, -0.25) is 0 Å². The van der Waals surface area contributed by atoms with E-state index in [9.17, 15) is 0 Å². The molecule has 0 saturated carbocycles. The van der Waals surface area contributed by atoms with Crippen molar-refractivity contribution in [2.45, 2.75) is 13.0 Å². The topological polar surface area (TPSA) is 35.2 Å². The molecule has 2 rings (SSSR count). The van der Waals surface area contributed by atoms with Crippen molar-refractivity contribution in [1.82, 2.24) is 0 Å². The molecule has 0 heterocycles. The van der Waals surface area contributed by atoms with E-state index in [2.05, 4.69) is 15.9 Å². The number of nitrogens with two attached hydrogens (primary N) is 1. The van der Waals surface area contributed by atoms with Crippen LogP contribution < -0.4 is 10.5 Å². The number of hydrogen-bond acceptors (Lipinski definition) is 2. The Morgan fingerprint density at radius 1 is 1.05 bits per heavy atom. The number of para-hydroxylation sites is 1. The third-order valence-corrected chi connectivity index (χ3v) is 4.35. The lowest BCUT2D eigenvalue weighted by atomic mass is 10.1. The van der Waals surface area contributed by atoms with Crippen molar-refractivity contribution in [1.29, 1.82) is 0 Å². The molecule has 0 aliphatic heterocycles. The van der Waals surface area contributed by atoms with Crippen LogP contribution in [0, 0.1) is 0 Å². The molecule has 2 aromatic rings. The molecule has 0 saturated heterocycles. The lowest BCUT2D eigenvalue weighted by molar-refractivity contribution is 0.301. The maximum absolute atomic E-state index is 6.16. The minimum atomic E-state index is 0.361. The van der Waals surface area contributed by atoms with Crippen molar-refractivity contribution in [3.63, 3.8) is 0 Å². The molecular formula is C15H14BrCl2NO. The molecule has 0 spiro atoms. The van der Waals surface area contributed by atoms with Gasteiger partial charge >= 0.3 is 0 Å². The zero-order valence-corrected chi connectivity index (χ0v) is 13.8. The van der Waals surface area contributed by atoms with Crippen LogP contribution in [0.4, 0.5) is 0 Å². The van der Waals surface area contributed by atoms with Gasteiger partial charge < -0.3 is 10.5 Å². The molecule has 0 atom stereocenters. The monoisotopic (exact) mass is 373 g/mol. The average Bonchev–Trinajstić information content (AvgIpc) is 2.43. The number of rotatable bonds is 5. The smallest absolute Gasteiger partial charge is 0.137 e. The SMILES string of the molecule is NCCc1cccc(Br)c1OCc1cccc(Cl)c1Cl. The van der Waals surface area contributed by atoms with E-state index in [0.29, 0.717) is 23.2 Å².